The summed E-state index contributed by atoms with van der Waals surface area (Å²) < 4.78 is 5.40. The van der Waals surface area contributed by atoms with Crippen molar-refractivity contribution in [2.45, 2.75) is 19.9 Å². The van der Waals surface area contributed by atoms with Crippen molar-refractivity contribution < 1.29 is 4.42 Å². The zero-order valence-corrected chi connectivity index (χ0v) is 8.64. The van der Waals surface area contributed by atoms with Gasteiger partial charge in [-0.15, -0.1) is 10.2 Å². The van der Waals surface area contributed by atoms with Gasteiger partial charge in [0.2, 0.25) is 5.89 Å². The van der Waals surface area contributed by atoms with Gasteiger partial charge in [0.15, 0.2) is 0 Å². The molecule has 78 valence electrons. The third kappa shape index (κ3) is 1.87. The summed E-state index contributed by atoms with van der Waals surface area (Å²) in [5.41, 5.74) is 7.33. The van der Waals surface area contributed by atoms with E-state index in [1.54, 1.807) is 13.1 Å². The third-order valence-electron chi connectivity index (χ3n) is 2.04. The summed E-state index contributed by atoms with van der Waals surface area (Å²) in [6, 6.07) is 3.55. The van der Waals surface area contributed by atoms with Gasteiger partial charge in [-0.05, 0) is 25.5 Å². The van der Waals surface area contributed by atoms with E-state index in [0.29, 0.717) is 17.5 Å². The third-order valence-corrected chi connectivity index (χ3v) is 2.04. The Morgan fingerprint density at radius 1 is 1.40 bits per heavy atom. The molecule has 0 bridgehead atoms. The number of rotatable bonds is 2. The Hall–Kier alpha value is -1.75. The first-order valence-corrected chi connectivity index (χ1v) is 4.69. The molecule has 2 aromatic rings. The van der Waals surface area contributed by atoms with E-state index in [-0.39, 0.29) is 6.04 Å². The second kappa shape index (κ2) is 3.78. The molecule has 2 rings (SSSR count). The molecule has 0 aliphatic heterocycles. The van der Waals surface area contributed by atoms with E-state index in [1.165, 1.54) is 0 Å². The van der Waals surface area contributed by atoms with Crippen LogP contribution < -0.4 is 5.73 Å². The molecule has 0 fully saturated rings. The van der Waals surface area contributed by atoms with Crippen LogP contribution in [0.15, 0.2) is 22.7 Å². The van der Waals surface area contributed by atoms with Crippen LogP contribution >= 0.6 is 0 Å². The van der Waals surface area contributed by atoms with Crippen LogP contribution in [0.5, 0.6) is 0 Å². The molecule has 0 saturated heterocycles. The Labute approximate surface area is 87.3 Å². The van der Waals surface area contributed by atoms with E-state index in [1.807, 2.05) is 19.1 Å². The fourth-order valence-electron chi connectivity index (χ4n) is 1.22. The minimum absolute atomic E-state index is 0.254. The van der Waals surface area contributed by atoms with Crippen molar-refractivity contribution in [3.63, 3.8) is 0 Å². The van der Waals surface area contributed by atoms with Crippen molar-refractivity contribution in [2.24, 2.45) is 5.73 Å². The second-order valence-electron chi connectivity index (χ2n) is 3.40. The smallest absolute Gasteiger partial charge is 0.266 e. The van der Waals surface area contributed by atoms with Gasteiger partial charge < -0.3 is 10.2 Å². The molecule has 1 atom stereocenters. The van der Waals surface area contributed by atoms with E-state index >= 15 is 0 Å². The molecule has 5 heteroatoms. The predicted molar refractivity (Wildman–Crippen MR) is 54.9 cm³/mol. The minimum Gasteiger partial charge on any atom is -0.418 e. The molecule has 0 spiro atoms. The average molecular weight is 204 g/mol. The lowest BCUT2D eigenvalue weighted by Crippen LogP contribution is -2.04. The Morgan fingerprint density at radius 3 is 2.80 bits per heavy atom. The molecule has 5 nitrogen and oxygen atoms in total. The minimum atomic E-state index is -0.254. The highest BCUT2D eigenvalue weighted by atomic mass is 16.4. The highest BCUT2D eigenvalue weighted by Crippen LogP contribution is 2.20. The van der Waals surface area contributed by atoms with Crippen LogP contribution in [-0.4, -0.2) is 15.2 Å². The summed E-state index contributed by atoms with van der Waals surface area (Å²) in [5, 5.41) is 7.76. The summed E-state index contributed by atoms with van der Waals surface area (Å²) >= 11 is 0. The van der Waals surface area contributed by atoms with Gasteiger partial charge in [-0.25, -0.2) is 0 Å². The maximum absolute atomic E-state index is 5.63. The SMILES string of the molecule is Cc1cccnc1-c1nnc(C(C)N)o1. The van der Waals surface area contributed by atoms with Crippen molar-refractivity contribution in [3.8, 4) is 11.6 Å². The molecule has 1 unspecified atom stereocenters. The van der Waals surface area contributed by atoms with Crippen LogP contribution in [-0.2, 0) is 0 Å². The van der Waals surface area contributed by atoms with Gasteiger partial charge in [0.25, 0.3) is 5.89 Å². The molecule has 0 radical (unpaired) electrons. The van der Waals surface area contributed by atoms with E-state index in [2.05, 4.69) is 15.2 Å². The standard InChI is InChI=1S/C10H12N4O/c1-6-4-3-5-12-8(6)10-14-13-9(15-10)7(2)11/h3-5,7H,11H2,1-2H3. The Morgan fingerprint density at radius 2 is 2.20 bits per heavy atom. The summed E-state index contributed by atoms with van der Waals surface area (Å²) in [4.78, 5) is 4.18. The van der Waals surface area contributed by atoms with E-state index in [4.69, 9.17) is 10.2 Å². The average Bonchev–Trinajstić information content (AvgIpc) is 2.67. The second-order valence-corrected chi connectivity index (χ2v) is 3.40. The van der Waals surface area contributed by atoms with Crippen molar-refractivity contribution in [1.29, 1.82) is 0 Å². The topological polar surface area (TPSA) is 77.8 Å². The molecule has 2 heterocycles. The Balaban J connectivity index is 2.42. The van der Waals surface area contributed by atoms with Crippen molar-refractivity contribution >= 4 is 0 Å². The molecule has 0 saturated carbocycles. The normalized spacial score (nSPS) is 12.7. The number of nitrogens with two attached hydrogens (primary N) is 1. The molecule has 2 N–H and O–H groups in total. The molecule has 2 aromatic heterocycles. The number of hydrogen-bond donors (Lipinski definition) is 1. The quantitative estimate of drug-likeness (QED) is 0.801. The van der Waals surface area contributed by atoms with Gasteiger partial charge in [0.05, 0.1) is 6.04 Å². The Bertz CT molecular complexity index is 464. The molecule has 0 aliphatic rings. The first-order valence-electron chi connectivity index (χ1n) is 4.69. The Kier molecular flexibility index (Phi) is 2.47. The first-order chi connectivity index (χ1) is 7.18. The molecule has 15 heavy (non-hydrogen) atoms. The van der Waals surface area contributed by atoms with Crippen LogP contribution in [0.25, 0.3) is 11.6 Å². The summed E-state index contributed by atoms with van der Waals surface area (Å²) in [7, 11) is 0. The lowest BCUT2D eigenvalue weighted by atomic mass is 10.2. The number of pyridine rings is 1. The number of aromatic nitrogens is 3. The van der Waals surface area contributed by atoms with Crippen molar-refractivity contribution in [3.05, 3.63) is 29.8 Å². The monoisotopic (exact) mass is 204 g/mol. The van der Waals surface area contributed by atoms with Crippen LogP contribution in [0.4, 0.5) is 0 Å². The number of nitrogens with zero attached hydrogens (tertiary/aromatic N) is 3. The number of aryl methyl sites for hydroxylation is 1. The first kappa shape index (κ1) is 9.79. The fourth-order valence-corrected chi connectivity index (χ4v) is 1.22. The fraction of sp³-hybridized carbons (Fsp3) is 0.300. The van der Waals surface area contributed by atoms with Crippen LogP contribution in [0.2, 0.25) is 0 Å². The summed E-state index contributed by atoms with van der Waals surface area (Å²) in [5.74, 6) is 0.843. The molecule has 0 amide bonds. The molecular weight excluding hydrogens is 192 g/mol. The lowest BCUT2D eigenvalue weighted by molar-refractivity contribution is 0.472. The van der Waals surface area contributed by atoms with Gasteiger partial charge in [0.1, 0.15) is 5.69 Å². The van der Waals surface area contributed by atoms with E-state index in [9.17, 15) is 0 Å². The van der Waals surface area contributed by atoms with Gasteiger partial charge in [-0.1, -0.05) is 6.07 Å². The van der Waals surface area contributed by atoms with Gasteiger partial charge in [-0.3, -0.25) is 4.98 Å². The maximum atomic E-state index is 5.63. The van der Waals surface area contributed by atoms with Gasteiger partial charge >= 0.3 is 0 Å². The van der Waals surface area contributed by atoms with Crippen molar-refractivity contribution in [1.82, 2.24) is 15.2 Å². The summed E-state index contributed by atoms with van der Waals surface area (Å²) in [6.07, 6.45) is 1.69. The predicted octanol–water partition coefficient (Wildman–Crippen LogP) is 1.46. The van der Waals surface area contributed by atoms with Gasteiger partial charge in [0, 0.05) is 6.20 Å². The maximum Gasteiger partial charge on any atom is 0.266 e. The van der Waals surface area contributed by atoms with E-state index < -0.39 is 0 Å². The zero-order valence-electron chi connectivity index (χ0n) is 8.64. The lowest BCUT2D eigenvalue weighted by Gasteiger charge is -1.98. The summed E-state index contributed by atoms with van der Waals surface area (Å²) in [6.45, 7) is 3.74. The van der Waals surface area contributed by atoms with E-state index in [0.717, 1.165) is 5.56 Å². The largest absolute Gasteiger partial charge is 0.418 e. The highest BCUT2D eigenvalue weighted by molar-refractivity contribution is 5.51. The number of hydrogen-bond acceptors (Lipinski definition) is 5. The van der Waals surface area contributed by atoms with Crippen LogP contribution in [0.1, 0.15) is 24.4 Å². The van der Waals surface area contributed by atoms with Crippen LogP contribution in [0.3, 0.4) is 0 Å². The van der Waals surface area contributed by atoms with Crippen molar-refractivity contribution in [2.75, 3.05) is 0 Å². The van der Waals surface area contributed by atoms with Gasteiger partial charge in [-0.2, -0.15) is 0 Å². The zero-order chi connectivity index (χ0) is 10.8. The highest BCUT2D eigenvalue weighted by Gasteiger charge is 2.13. The molecular formula is C10H12N4O. The molecule has 0 aliphatic carbocycles. The van der Waals surface area contributed by atoms with Crippen LogP contribution in [0, 0.1) is 6.92 Å². The molecule has 0 aromatic carbocycles.